The molecule has 3 heterocycles. The van der Waals surface area contributed by atoms with Gasteiger partial charge in [-0.15, -0.1) is 0 Å². The third-order valence-corrected chi connectivity index (χ3v) is 6.10. The van der Waals surface area contributed by atoms with E-state index in [4.69, 9.17) is 4.74 Å². The minimum Gasteiger partial charge on any atom is -0.376 e. The topological polar surface area (TPSA) is 56.8 Å². The molecule has 0 bridgehead atoms. The van der Waals surface area contributed by atoms with E-state index in [9.17, 15) is 4.79 Å². The van der Waals surface area contributed by atoms with Crippen LogP contribution >= 0.6 is 0 Å². The van der Waals surface area contributed by atoms with Crippen LogP contribution in [0.2, 0.25) is 0 Å². The number of anilines is 1. The van der Waals surface area contributed by atoms with Crippen LogP contribution in [0, 0.1) is 5.92 Å². The Balaban J connectivity index is 1.14. The molecule has 3 aliphatic rings. The first-order valence-electron chi connectivity index (χ1n) is 10.5. The number of nitrogens with zero attached hydrogens (tertiary/aromatic N) is 2. The SMILES string of the molecule is O=C1c2ccc(N3CC(COCc4ccccc4)C3)cc2CN1C1CNCCN1. The van der Waals surface area contributed by atoms with E-state index in [1.807, 2.05) is 29.2 Å². The highest BCUT2D eigenvalue weighted by Crippen LogP contribution is 2.31. The number of nitrogens with one attached hydrogen (secondary N) is 2. The number of amides is 1. The molecule has 6 nitrogen and oxygen atoms in total. The van der Waals surface area contributed by atoms with Crippen molar-refractivity contribution in [3.05, 3.63) is 65.2 Å². The third-order valence-electron chi connectivity index (χ3n) is 6.10. The number of carbonyl (C=O) groups excluding carboxylic acids is 1. The highest BCUT2D eigenvalue weighted by molar-refractivity contribution is 5.99. The van der Waals surface area contributed by atoms with E-state index in [0.29, 0.717) is 19.1 Å². The number of ether oxygens (including phenoxy) is 1. The second-order valence-electron chi connectivity index (χ2n) is 8.22. The summed E-state index contributed by atoms with van der Waals surface area (Å²) in [5, 5.41) is 6.80. The monoisotopic (exact) mass is 392 g/mol. The van der Waals surface area contributed by atoms with Crippen molar-refractivity contribution in [3.63, 3.8) is 0 Å². The zero-order chi connectivity index (χ0) is 19.6. The Morgan fingerprint density at radius 1 is 1.07 bits per heavy atom. The highest BCUT2D eigenvalue weighted by atomic mass is 16.5. The molecule has 29 heavy (non-hydrogen) atoms. The molecule has 2 fully saturated rings. The molecule has 1 atom stereocenters. The first-order valence-corrected chi connectivity index (χ1v) is 10.5. The summed E-state index contributed by atoms with van der Waals surface area (Å²) in [6.45, 7) is 6.86. The van der Waals surface area contributed by atoms with Crippen LogP contribution in [0.3, 0.4) is 0 Å². The first kappa shape index (κ1) is 18.6. The van der Waals surface area contributed by atoms with E-state index < -0.39 is 0 Å². The molecule has 1 amide bonds. The maximum atomic E-state index is 12.8. The van der Waals surface area contributed by atoms with Gasteiger partial charge in [0.2, 0.25) is 0 Å². The summed E-state index contributed by atoms with van der Waals surface area (Å²) in [6, 6.07) is 16.6. The lowest BCUT2D eigenvalue weighted by Gasteiger charge is -2.41. The van der Waals surface area contributed by atoms with E-state index in [0.717, 1.165) is 50.5 Å². The summed E-state index contributed by atoms with van der Waals surface area (Å²) >= 11 is 0. The Morgan fingerprint density at radius 3 is 2.72 bits per heavy atom. The standard InChI is InChI=1S/C23H28N4O2/c28-23-21-7-6-20(10-19(21)14-27(23)22-11-24-8-9-25-22)26-12-18(13-26)16-29-15-17-4-2-1-3-5-17/h1-7,10,18,22,24-25H,8-9,11-16H2. The molecule has 2 aromatic rings. The molecule has 0 radical (unpaired) electrons. The number of fused-ring (bicyclic) bond motifs is 1. The van der Waals surface area contributed by atoms with Crippen molar-refractivity contribution in [2.45, 2.75) is 19.3 Å². The molecule has 5 rings (SSSR count). The number of rotatable bonds is 6. The molecule has 1 unspecified atom stereocenters. The van der Waals surface area contributed by atoms with Gasteiger partial charge in [0.1, 0.15) is 0 Å². The van der Waals surface area contributed by atoms with Gasteiger partial charge in [0.15, 0.2) is 0 Å². The summed E-state index contributed by atoms with van der Waals surface area (Å²) in [7, 11) is 0. The predicted molar refractivity (Wildman–Crippen MR) is 113 cm³/mol. The van der Waals surface area contributed by atoms with Crippen molar-refractivity contribution in [2.75, 3.05) is 44.2 Å². The van der Waals surface area contributed by atoms with Gasteiger partial charge in [-0.1, -0.05) is 30.3 Å². The lowest BCUT2D eigenvalue weighted by molar-refractivity contribution is 0.0646. The van der Waals surface area contributed by atoms with Gasteiger partial charge in [-0.3, -0.25) is 10.1 Å². The van der Waals surface area contributed by atoms with Gasteiger partial charge in [0.25, 0.3) is 5.91 Å². The zero-order valence-corrected chi connectivity index (χ0v) is 16.6. The summed E-state index contributed by atoms with van der Waals surface area (Å²) in [5.41, 5.74) is 4.43. The van der Waals surface area contributed by atoms with Crippen LogP contribution < -0.4 is 15.5 Å². The number of hydrogen-bond donors (Lipinski definition) is 2. The minimum absolute atomic E-state index is 0.0854. The Bertz CT molecular complexity index is 860. The lowest BCUT2D eigenvalue weighted by atomic mass is 9.99. The maximum absolute atomic E-state index is 12.8. The molecule has 2 saturated heterocycles. The minimum atomic E-state index is 0.0854. The molecule has 0 aromatic heterocycles. The molecule has 3 aliphatic heterocycles. The normalized spacial score (nSPS) is 21.9. The zero-order valence-electron chi connectivity index (χ0n) is 16.6. The van der Waals surface area contributed by atoms with Crippen LogP contribution in [0.15, 0.2) is 48.5 Å². The second-order valence-corrected chi connectivity index (χ2v) is 8.22. The molecule has 2 aromatic carbocycles. The van der Waals surface area contributed by atoms with E-state index >= 15 is 0 Å². The number of carbonyl (C=O) groups is 1. The van der Waals surface area contributed by atoms with Gasteiger partial charge in [-0.2, -0.15) is 0 Å². The molecular weight excluding hydrogens is 364 g/mol. The molecule has 6 heteroatoms. The largest absolute Gasteiger partial charge is 0.376 e. The maximum Gasteiger partial charge on any atom is 0.255 e. The van der Waals surface area contributed by atoms with Crippen molar-refractivity contribution in [2.24, 2.45) is 5.92 Å². The molecule has 0 saturated carbocycles. The summed E-state index contributed by atoms with van der Waals surface area (Å²) in [5.74, 6) is 0.714. The van der Waals surface area contributed by atoms with Crippen molar-refractivity contribution < 1.29 is 9.53 Å². The van der Waals surface area contributed by atoms with E-state index in [-0.39, 0.29) is 12.1 Å². The number of hydrogen-bond acceptors (Lipinski definition) is 5. The molecule has 0 spiro atoms. The average molecular weight is 393 g/mol. The lowest BCUT2D eigenvalue weighted by Crippen LogP contribution is -2.57. The van der Waals surface area contributed by atoms with E-state index in [2.05, 4.69) is 39.8 Å². The fourth-order valence-electron chi connectivity index (χ4n) is 4.44. The fraction of sp³-hybridized carbons (Fsp3) is 0.435. The second kappa shape index (κ2) is 8.14. The van der Waals surface area contributed by atoms with Gasteiger partial charge in [-0.05, 0) is 29.3 Å². The Kier molecular flexibility index (Phi) is 5.23. The summed E-state index contributed by atoms with van der Waals surface area (Å²) in [4.78, 5) is 17.1. The van der Waals surface area contributed by atoms with Gasteiger partial charge < -0.3 is 19.9 Å². The van der Waals surface area contributed by atoms with E-state index in [1.54, 1.807) is 0 Å². The van der Waals surface area contributed by atoms with Crippen molar-refractivity contribution in [3.8, 4) is 0 Å². The molecule has 152 valence electrons. The third kappa shape index (κ3) is 3.88. The smallest absolute Gasteiger partial charge is 0.255 e. The Morgan fingerprint density at radius 2 is 1.93 bits per heavy atom. The quantitative estimate of drug-likeness (QED) is 0.785. The molecule has 0 aliphatic carbocycles. The van der Waals surface area contributed by atoms with Crippen LogP contribution in [-0.4, -0.2) is 56.3 Å². The van der Waals surface area contributed by atoms with Gasteiger partial charge >= 0.3 is 0 Å². The van der Waals surface area contributed by atoms with Crippen LogP contribution in [0.4, 0.5) is 5.69 Å². The van der Waals surface area contributed by atoms with Crippen LogP contribution in [0.5, 0.6) is 0 Å². The van der Waals surface area contributed by atoms with E-state index in [1.165, 1.54) is 11.3 Å². The number of piperazine rings is 1. The van der Waals surface area contributed by atoms with Crippen molar-refractivity contribution >= 4 is 11.6 Å². The highest BCUT2D eigenvalue weighted by Gasteiger charge is 2.34. The average Bonchev–Trinajstić information content (AvgIpc) is 3.07. The predicted octanol–water partition coefficient (Wildman–Crippen LogP) is 1.81. The van der Waals surface area contributed by atoms with Crippen LogP contribution in [0.25, 0.3) is 0 Å². The van der Waals surface area contributed by atoms with Gasteiger partial charge in [0, 0.05) is 56.4 Å². The molecular formula is C23H28N4O2. The fourth-order valence-corrected chi connectivity index (χ4v) is 4.44. The summed E-state index contributed by atoms with van der Waals surface area (Å²) < 4.78 is 5.89. The van der Waals surface area contributed by atoms with Gasteiger partial charge in [0.05, 0.1) is 19.4 Å². The molecule has 2 N–H and O–H groups in total. The van der Waals surface area contributed by atoms with Crippen LogP contribution in [-0.2, 0) is 17.9 Å². The first-order chi connectivity index (χ1) is 14.3. The van der Waals surface area contributed by atoms with Gasteiger partial charge in [-0.25, -0.2) is 0 Å². The van der Waals surface area contributed by atoms with Crippen LogP contribution in [0.1, 0.15) is 21.5 Å². The van der Waals surface area contributed by atoms with Crippen molar-refractivity contribution in [1.82, 2.24) is 15.5 Å². The van der Waals surface area contributed by atoms with Crippen molar-refractivity contribution in [1.29, 1.82) is 0 Å². The summed E-state index contributed by atoms with van der Waals surface area (Å²) in [6.07, 6.45) is 0.0854. The Labute approximate surface area is 171 Å². The number of benzene rings is 2. The Hall–Kier alpha value is -2.41.